The lowest BCUT2D eigenvalue weighted by molar-refractivity contribution is 0.0925. The number of aromatic amines is 1. The van der Waals surface area contributed by atoms with Gasteiger partial charge in [-0.2, -0.15) is 10.1 Å². The average molecular weight is 262 g/mol. The molecule has 2 N–H and O–H groups in total. The van der Waals surface area contributed by atoms with Crippen molar-refractivity contribution in [1.29, 1.82) is 0 Å². The highest BCUT2D eigenvalue weighted by Gasteiger charge is 2.34. The van der Waals surface area contributed by atoms with Crippen LogP contribution in [0.15, 0.2) is 16.9 Å². The van der Waals surface area contributed by atoms with E-state index in [4.69, 9.17) is 4.52 Å². The number of hydrogen-bond acceptors (Lipinski definition) is 6. The van der Waals surface area contributed by atoms with Gasteiger partial charge in [-0.25, -0.2) is 0 Å². The molecule has 0 atom stereocenters. The third kappa shape index (κ3) is 2.26. The van der Waals surface area contributed by atoms with Gasteiger partial charge in [-0.1, -0.05) is 5.16 Å². The lowest BCUT2D eigenvalue weighted by atomic mass is 10.0. The lowest BCUT2D eigenvalue weighted by Gasteiger charge is -2.38. The number of piperazine rings is 1. The molecule has 1 saturated heterocycles. The molecule has 19 heavy (non-hydrogen) atoms. The molecule has 0 unspecified atom stereocenters. The molecule has 102 valence electrons. The summed E-state index contributed by atoms with van der Waals surface area (Å²) in [7, 11) is 0. The highest BCUT2D eigenvalue weighted by Crippen LogP contribution is 2.27. The fourth-order valence-electron chi connectivity index (χ4n) is 2.32. The molecule has 0 spiro atoms. The van der Waals surface area contributed by atoms with Crippen molar-refractivity contribution in [2.75, 3.05) is 26.2 Å². The molecule has 0 radical (unpaired) electrons. The molecule has 1 aliphatic heterocycles. The highest BCUT2D eigenvalue weighted by atomic mass is 16.5. The number of nitrogens with one attached hydrogen (secondary N) is 2. The van der Waals surface area contributed by atoms with Gasteiger partial charge in [0.25, 0.3) is 5.89 Å². The number of nitrogens with zero attached hydrogens (tertiary/aromatic N) is 4. The van der Waals surface area contributed by atoms with Crippen molar-refractivity contribution in [3.05, 3.63) is 18.2 Å². The smallest absolute Gasteiger partial charge is 0.261 e. The van der Waals surface area contributed by atoms with Crippen LogP contribution < -0.4 is 5.32 Å². The van der Waals surface area contributed by atoms with E-state index in [0.29, 0.717) is 11.7 Å². The first-order valence-electron chi connectivity index (χ1n) is 6.47. The van der Waals surface area contributed by atoms with Crippen molar-refractivity contribution >= 4 is 0 Å². The van der Waals surface area contributed by atoms with E-state index in [1.807, 2.05) is 0 Å². The Hall–Kier alpha value is -1.73. The Labute approximate surface area is 111 Å². The molecule has 0 aromatic carbocycles. The Bertz CT molecular complexity index is 526. The summed E-state index contributed by atoms with van der Waals surface area (Å²) in [6, 6.07) is 0. The molecule has 0 amide bonds. The maximum atomic E-state index is 5.32. The fraction of sp³-hybridized carbons (Fsp3) is 0.583. The zero-order valence-corrected chi connectivity index (χ0v) is 11.2. The topological polar surface area (TPSA) is 82.9 Å². The van der Waals surface area contributed by atoms with Crippen molar-refractivity contribution in [3.8, 4) is 11.5 Å². The van der Waals surface area contributed by atoms with Crippen molar-refractivity contribution in [3.63, 3.8) is 0 Å². The van der Waals surface area contributed by atoms with Gasteiger partial charge >= 0.3 is 0 Å². The Morgan fingerprint density at radius 1 is 1.32 bits per heavy atom. The molecule has 1 fully saturated rings. The van der Waals surface area contributed by atoms with E-state index in [-0.39, 0.29) is 5.54 Å². The van der Waals surface area contributed by atoms with Crippen LogP contribution in [-0.2, 0) is 5.54 Å². The van der Waals surface area contributed by atoms with Gasteiger partial charge < -0.3 is 9.84 Å². The summed E-state index contributed by atoms with van der Waals surface area (Å²) in [5, 5.41) is 14.1. The molecule has 2 aromatic heterocycles. The van der Waals surface area contributed by atoms with E-state index in [2.05, 4.69) is 44.4 Å². The van der Waals surface area contributed by atoms with Crippen LogP contribution in [-0.4, -0.2) is 51.4 Å². The van der Waals surface area contributed by atoms with Gasteiger partial charge in [0.2, 0.25) is 0 Å². The first-order chi connectivity index (χ1) is 9.18. The summed E-state index contributed by atoms with van der Waals surface area (Å²) in [4.78, 5) is 6.87. The molecule has 1 aliphatic rings. The van der Waals surface area contributed by atoms with Crippen LogP contribution >= 0.6 is 0 Å². The van der Waals surface area contributed by atoms with Crippen molar-refractivity contribution in [1.82, 2.24) is 30.6 Å². The highest BCUT2D eigenvalue weighted by molar-refractivity contribution is 5.49. The summed E-state index contributed by atoms with van der Waals surface area (Å²) >= 11 is 0. The Kier molecular flexibility index (Phi) is 3.08. The number of hydrogen-bond donors (Lipinski definition) is 2. The quantitative estimate of drug-likeness (QED) is 0.843. The predicted molar refractivity (Wildman–Crippen MR) is 69.3 cm³/mol. The van der Waals surface area contributed by atoms with Crippen LogP contribution in [0.5, 0.6) is 0 Å². The van der Waals surface area contributed by atoms with Crippen molar-refractivity contribution in [2.24, 2.45) is 0 Å². The summed E-state index contributed by atoms with van der Waals surface area (Å²) < 4.78 is 5.32. The van der Waals surface area contributed by atoms with E-state index in [1.54, 1.807) is 12.4 Å². The van der Waals surface area contributed by atoms with E-state index >= 15 is 0 Å². The third-order valence-electron chi connectivity index (χ3n) is 3.63. The van der Waals surface area contributed by atoms with E-state index in [9.17, 15) is 0 Å². The average Bonchev–Trinajstić information content (AvgIpc) is 3.10. The SMILES string of the molecule is CC(C)(c1noc(-c2cn[nH]c2)n1)N1CCNCC1. The largest absolute Gasteiger partial charge is 0.334 e. The summed E-state index contributed by atoms with van der Waals surface area (Å²) in [5.41, 5.74) is 0.586. The third-order valence-corrected chi connectivity index (χ3v) is 3.63. The number of aromatic nitrogens is 4. The standard InChI is InChI=1S/C12H18N6O/c1-12(2,18-5-3-13-4-6-18)11-16-10(19-17-11)9-7-14-15-8-9/h7-8,13H,3-6H2,1-2H3,(H,14,15). The van der Waals surface area contributed by atoms with Gasteiger partial charge in [0, 0.05) is 32.4 Å². The van der Waals surface area contributed by atoms with Crippen LogP contribution in [0.25, 0.3) is 11.5 Å². The molecular weight excluding hydrogens is 244 g/mol. The second kappa shape index (κ2) is 4.75. The summed E-state index contributed by atoms with van der Waals surface area (Å²) in [6.45, 7) is 8.22. The number of H-pyrrole nitrogens is 1. The monoisotopic (exact) mass is 262 g/mol. The van der Waals surface area contributed by atoms with Gasteiger partial charge in [0.1, 0.15) is 0 Å². The molecule has 3 rings (SSSR count). The minimum absolute atomic E-state index is 0.229. The molecule has 7 heteroatoms. The summed E-state index contributed by atoms with van der Waals surface area (Å²) in [6.07, 6.45) is 3.42. The van der Waals surface area contributed by atoms with Crippen LogP contribution in [0.4, 0.5) is 0 Å². The fourth-order valence-corrected chi connectivity index (χ4v) is 2.32. The van der Waals surface area contributed by atoms with Crippen LogP contribution in [0, 0.1) is 0 Å². The molecule has 0 saturated carbocycles. The maximum Gasteiger partial charge on any atom is 0.261 e. The second-order valence-electron chi connectivity index (χ2n) is 5.21. The van der Waals surface area contributed by atoms with Gasteiger partial charge in [-0.15, -0.1) is 0 Å². The first-order valence-corrected chi connectivity index (χ1v) is 6.47. The van der Waals surface area contributed by atoms with Crippen molar-refractivity contribution in [2.45, 2.75) is 19.4 Å². The normalized spacial score (nSPS) is 17.8. The lowest BCUT2D eigenvalue weighted by Crippen LogP contribution is -2.52. The Balaban J connectivity index is 1.84. The van der Waals surface area contributed by atoms with Crippen LogP contribution in [0.3, 0.4) is 0 Å². The van der Waals surface area contributed by atoms with Gasteiger partial charge in [0.05, 0.1) is 17.3 Å². The van der Waals surface area contributed by atoms with E-state index in [1.165, 1.54) is 0 Å². The molecule has 2 aromatic rings. The minimum atomic E-state index is -0.229. The Morgan fingerprint density at radius 2 is 2.11 bits per heavy atom. The molecule has 7 nitrogen and oxygen atoms in total. The molecule has 0 bridgehead atoms. The van der Waals surface area contributed by atoms with Crippen LogP contribution in [0.1, 0.15) is 19.7 Å². The summed E-state index contributed by atoms with van der Waals surface area (Å²) in [5.74, 6) is 1.22. The number of rotatable bonds is 3. The second-order valence-corrected chi connectivity index (χ2v) is 5.21. The molecule has 0 aliphatic carbocycles. The zero-order valence-electron chi connectivity index (χ0n) is 11.2. The van der Waals surface area contributed by atoms with E-state index < -0.39 is 0 Å². The molecular formula is C12H18N6O. The van der Waals surface area contributed by atoms with Gasteiger partial charge in [-0.3, -0.25) is 10.00 Å². The van der Waals surface area contributed by atoms with E-state index in [0.717, 1.165) is 31.7 Å². The predicted octanol–water partition coefficient (Wildman–Crippen LogP) is 0.600. The molecule has 3 heterocycles. The maximum absolute atomic E-state index is 5.32. The van der Waals surface area contributed by atoms with Crippen LogP contribution in [0.2, 0.25) is 0 Å². The van der Waals surface area contributed by atoms with Crippen molar-refractivity contribution < 1.29 is 4.52 Å². The Morgan fingerprint density at radius 3 is 2.79 bits per heavy atom. The zero-order chi connectivity index (χ0) is 13.3. The van der Waals surface area contributed by atoms with Gasteiger partial charge in [-0.05, 0) is 13.8 Å². The first kappa shape index (κ1) is 12.3. The van der Waals surface area contributed by atoms with Gasteiger partial charge in [0.15, 0.2) is 5.82 Å². The minimum Gasteiger partial charge on any atom is -0.334 e.